The maximum atomic E-state index is 13.5. The Morgan fingerprint density at radius 2 is 2.00 bits per heavy atom. The molecule has 1 aromatic carbocycles. The lowest BCUT2D eigenvalue weighted by molar-refractivity contribution is 0.187. The second-order valence-corrected chi connectivity index (χ2v) is 9.28. The average molecular weight is 436 g/mol. The molecule has 4 rings (SSSR count). The minimum absolute atomic E-state index is 0.0382. The zero-order valence-corrected chi connectivity index (χ0v) is 17.3. The third-order valence-corrected chi connectivity index (χ3v) is 7.14. The molecule has 1 unspecified atom stereocenters. The minimum atomic E-state index is -3.96. The maximum Gasteiger partial charge on any atom is 0.243 e. The van der Waals surface area contributed by atoms with Crippen LogP contribution in [0.2, 0.25) is 0 Å². The van der Waals surface area contributed by atoms with Crippen molar-refractivity contribution >= 4 is 21.2 Å². The number of imidazole rings is 1. The Labute approximate surface area is 173 Å². The van der Waals surface area contributed by atoms with Crippen molar-refractivity contribution in [1.29, 1.82) is 0 Å². The summed E-state index contributed by atoms with van der Waals surface area (Å²) >= 11 is 0. The Balaban J connectivity index is 1.54. The highest BCUT2D eigenvalue weighted by atomic mass is 32.2. The largest absolute Gasteiger partial charge is 0.383 e. The quantitative estimate of drug-likeness (QED) is 0.569. The molecule has 1 aliphatic heterocycles. The first-order chi connectivity index (χ1) is 14.4. The first-order valence-electron chi connectivity index (χ1n) is 9.64. The normalized spacial score (nSPS) is 17.8. The molecule has 1 fully saturated rings. The highest BCUT2D eigenvalue weighted by molar-refractivity contribution is 7.89. The number of rotatable bonds is 7. The van der Waals surface area contributed by atoms with Crippen molar-refractivity contribution in [2.45, 2.75) is 24.3 Å². The van der Waals surface area contributed by atoms with Crippen molar-refractivity contribution < 1.29 is 21.9 Å². The number of nitrogens with zero attached hydrogens (tertiary/aromatic N) is 4. The molecular formula is C20H22F2N4O3S. The van der Waals surface area contributed by atoms with E-state index in [0.717, 1.165) is 29.1 Å². The number of ether oxygens (including phenoxy) is 1. The van der Waals surface area contributed by atoms with Gasteiger partial charge in [0, 0.05) is 45.4 Å². The van der Waals surface area contributed by atoms with Gasteiger partial charge < -0.3 is 9.30 Å². The fraction of sp³-hybridized carbons (Fsp3) is 0.400. The Morgan fingerprint density at radius 3 is 2.73 bits per heavy atom. The molecule has 3 heterocycles. The van der Waals surface area contributed by atoms with Crippen LogP contribution in [0.5, 0.6) is 0 Å². The van der Waals surface area contributed by atoms with Gasteiger partial charge in [-0.1, -0.05) is 0 Å². The van der Waals surface area contributed by atoms with E-state index in [1.165, 1.54) is 4.31 Å². The van der Waals surface area contributed by atoms with Crippen LogP contribution in [0.15, 0.2) is 41.4 Å². The van der Waals surface area contributed by atoms with E-state index in [1.54, 1.807) is 13.3 Å². The minimum Gasteiger partial charge on any atom is -0.383 e. The lowest BCUT2D eigenvalue weighted by Crippen LogP contribution is -2.29. The summed E-state index contributed by atoms with van der Waals surface area (Å²) in [5, 5.41) is 0. The lowest BCUT2D eigenvalue weighted by atomic mass is 10.0. The molecule has 160 valence electrons. The van der Waals surface area contributed by atoms with Crippen LogP contribution in [0.4, 0.5) is 8.78 Å². The number of hydrogen-bond donors (Lipinski definition) is 0. The van der Waals surface area contributed by atoms with Gasteiger partial charge in [-0.3, -0.25) is 0 Å². The monoisotopic (exact) mass is 436 g/mol. The summed E-state index contributed by atoms with van der Waals surface area (Å²) in [5.41, 5.74) is 1.54. The van der Waals surface area contributed by atoms with Crippen LogP contribution in [0.25, 0.3) is 11.2 Å². The smallest absolute Gasteiger partial charge is 0.243 e. The van der Waals surface area contributed by atoms with Gasteiger partial charge in [-0.25, -0.2) is 27.2 Å². The summed E-state index contributed by atoms with van der Waals surface area (Å²) in [7, 11) is -2.34. The predicted molar refractivity (Wildman–Crippen MR) is 106 cm³/mol. The first kappa shape index (κ1) is 20.8. The summed E-state index contributed by atoms with van der Waals surface area (Å²) in [5.74, 6) is -0.967. The topological polar surface area (TPSA) is 77.3 Å². The van der Waals surface area contributed by atoms with Gasteiger partial charge in [0.05, 0.1) is 11.5 Å². The summed E-state index contributed by atoms with van der Waals surface area (Å²) in [6.45, 7) is 1.66. The standard InChI is InChI=1S/C20H22F2N4O3S/c1-29-8-7-26-19(24-18-3-2-5-23-20(18)26)9-14-4-6-25(13-14)30(27,28)17-11-15(21)10-16(22)12-17/h2-3,5,10-12,14H,4,6-9,13H2,1H3. The van der Waals surface area contributed by atoms with Gasteiger partial charge in [-0.2, -0.15) is 4.31 Å². The highest BCUT2D eigenvalue weighted by Gasteiger charge is 2.34. The molecule has 0 aliphatic carbocycles. The number of aromatic nitrogens is 3. The third kappa shape index (κ3) is 4.07. The molecule has 0 spiro atoms. The van der Waals surface area contributed by atoms with Crippen molar-refractivity contribution in [2.24, 2.45) is 5.92 Å². The molecule has 0 bridgehead atoms. The van der Waals surface area contributed by atoms with Crippen LogP contribution < -0.4 is 0 Å². The summed E-state index contributed by atoms with van der Waals surface area (Å²) < 4.78 is 61.2. The second kappa shape index (κ2) is 8.37. The fourth-order valence-electron chi connectivity index (χ4n) is 3.85. The van der Waals surface area contributed by atoms with E-state index in [9.17, 15) is 17.2 Å². The molecule has 0 radical (unpaired) electrons. The molecule has 0 amide bonds. The molecule has 2 aromatic heterocycles. The SMILES string of the molecule is COCCn1c(CC2CCN(S(=O)(=O)c3cc(F)cc(F)c3)C2)nc2cccnc21. The molecule has 1 aliphatic rings. The van der Waals surface area contributed by atoms with Gasteiger partial charge in [0.2, 0.25) is 10.0 Å². The van der Waals surface area contributed by atoms with Crippen LogP contribution in [0.1, 0.15) is 12.2 Å². The van der Waals surface area contributed by atoms with Gasteiger partial charge >= 0.3 is 0 Å². The van der Waals surface area contributed by atoms with E-state index < -0.39 is 21.7 Å². The molecule has 0 N–H and O–H groups in total. The van der Waals surface area contributed by atoms with Crippen molar-refractivity contribution in [3.63, 3.8) is 0 Å². The van der Waals surface area contributed by atoms with Crippen molar-refractivity contribution in [3.8, 4) is 0 Å². The lowest BCUT2D eigenvalue weighted by Gasteiger charge is -2.17. The van der Waals surface area contributed by atoms with Crippen LogP contribution in [-0.2, 0) is 27.7 Å². The predicted octanol–water partition coefficient (Wildman–Crippen LogP) is 2.61. The zero-order chi connectivity index (χ0) is 21.3. The first-order valence-corrected chi connectivity index (χ1v) is 11.1. The van der Waals surface area contributed by atoms with E-state index in [0.29, 0.717) is 38.6 Å². The Morgan fingerprint density at radius 1 is 1.23 bits per heavy atom. The van der Waals surface area contributed by atoms with Gasteiger partial charge in [0.25, 0.3) is 0 Å². The number of sulfonamides is 1. The van der Waals surface area contributed by atoms with Gasteiger partial charge in [0.1, 0.15) is 23.0 Å². The second-order valence-electron chi connectivity index (χ2n) is 7.35. The number of fused-ring (bicyclic) bond motifs is 1. The highest BCUT2D eigenvalue weighted by Crippen LogP contribution is 2.28. The van der Waals surface area contributed by atoms with E-state index in [2.05, 4.69) is 9.97 Å². The fourth-order valence-corrected chi connectivity index (χ4v) is 5.42. The average Bonchev–Trinajstić information content (AvgIpc) is 3.31. The number of methoxy groups -OCH3 is 1. The van der Waals surface area contributed by atoms with Gasteiger partial charge in [0.15, 0.2) is 5.65 Å². The Bertz CT molecular complexity index is 1150. The van der Waals surface area contributed by atoms with Crippen LogP contribution in [0, 0.1) is 17.6 Å². The maximum absolute atomic E-state index is 13.5. The van der Waals surface area contributed by atoms with Crippen molar-refractivity contribution in [1.82, 2.24) is 18.8 Å². The summed E-state index contributed by atoms with van der Waals surface area (Å²) in [6.07, 6.45) is 2.92. The number of hydrogen-bond acceptors (Lipinski definition) is 5. The van der Waals surface area contributed by atoms with Crippen molar-refractivity contribution in [3.05, 3.63) is 54.0 Å². The molecule has 3 aromatic rings. The molecular weight excluding hydrogens is 414 g/mol. The van der Waals surface area contributed by atoms with Crippen LogP contribution in [0.3, 0.4) is 0 Å². The van der Waals surface area contributed by atoms with Crippen LogP contribution in [-0.4, -0.2) is 54.1 Å². The van der Waals surface area contributed by atoms with E-state index in [1.807, 2.05) is 16.7 Å². The summed E-state index contributed by atoms with van der Waals surface area (Å²) in [6, 6.07) is 6.06. The molecule has 10 heteroatoms. The molecule has 7 nitrogen and oxygen atoms in total. The molecule has 1 saturated heterocycles. The van der Waals surface area contributed by atoms with Crippen molar-refractivity contribution in [2.75, 3.05) is 26.8 Å². The molecule has 30 heavy (non-hydrogen) atoms. The molecule has 1 atom stereocenters. The Hall–Kier alpha value is -2.43. The molecule has 0 saturated carbocycles. The Kier molecular flexibility index (Phi) is 5.81. The van der Waals surface area contributed by atoms with E-state index in [-0.39, 0.29) is 17.4 Å². The number of benzene rings is 1. The van der Waals surface area contributed by atoms with Gasteiger partial charge in [-0.05, 0) is 36.6 Å². The van der Waals surface area contributed by atoms with Crippen LogP contribution >= 0.6 is 0 Å². The number of halogens is 2. The number of pyridine rings is 1. The zero-order valence-electron chi connectivity index (χ0n) is 16.5. The van der Waals surface area contributed by atoms with E-state index >= 15 is 0 Å². The van der Waals surface area contributed by atoms with E-state index in [4.69, 9.17) is 4.74 Å². The third-order valence-electron chi connectivity index (χ3n) is 5.30. The van der Waals surface area contributed by atoms with Gasteiger partial charge in [-0.15, -0.1) is 0 Å². The summed E-state index contributed by atoms with van der Waals surface area (Å²) in [4.78, 5) is 8.72.